The molecule has 2 amide bonds. The lowest BCUT2D eigenvalue weighted by molar-refractivity contribution is -0.121. The molecule has 0 heterocycles. The molecule has 1 aromatic rings. The second-order valence-electron chi connectivity index (χ2n) is 3.82. The van der Waals surface area contributed by atoms with Gasteiger partial charge in [0.15, 0.2) is 0 Å². The van der Waals surface area contributed by atoms with Gasteiger partial charge in [0.25, 0.3) is 5.91 Å². The summed E-state index contributed by atoms with van der Waals surface area (Å²) < 4.78 is 0. The minimum Gasteiger partial charge on any atom is -0.508 e. The molecule has 6 nitrogen and oxygen atoms in total. The van der Waals surface area contributed by atoms with Gasteiger partial charge in [0, 0.05) is 13.6 Å². The topological polar surface area (TPSA) is 89.9 Å². The van der Waals surface area contributed by atoms with Gasteiger partial charge in [-0.15, -0.1) is 0 Å². The highest BCUT2D eigenvalue weighted by Crippen LogP contribution is 2.23. The maximum Gasteiger partial charge on any atom is 0.257 e. The third-order valence-electron chi connectivity index (χ3n) is 2.31. The molecule has 0 saturated carbocycles. The molecule has 0 saturated heterocycles. The standard InChI is InChI=1S/C12H16N2O4/c1-3-13-11(17)7-14(2)12(18)9-6-8(15)4-5-10(9)16/h4-6,15-16H,3,7H2,1-2H3,(H,13,17). The van der Waals surface area contributed by atoms with Crippen LogP contribution in [0.25, 0.3) is 0 Å². The van der Waals surface area contributed by atoms with E-state index in [9.17, 15) is 19.8 Å². The van der Waals surface area contributed by atoms with Gasteiger partial charge in [0.2, 0.25) is 5.91 Å². The smallest absolute Gasteiger partial charge is 0.257 e. The fourth-order valence-corrected chi connectivity index (χ4v) is 1.44. The first kappa shape index (κ1) is 13.8. The largest absolute Gasteiger partial charge is 0.508 e. The minimum absolute atomic E-state index is 0.0400. The molecule has 3 N–H and O–H groups in total. The fourth-order valence-electron chi connectivity index (χ4n) is 1.44. The Labute approximate surface area is 105 Å². The number of aromatic hydroxyl groups is 2. The Morgan fingerprint density at radius 2 is 2.00 bits per heavy atom. The summed E-state index contributed by atoms with van der Waals surface area (Å²) in [6.45, 7) is 2.15. The Hall–Kier alpha value is -2.24. The average molecular weight is 252 g/mol. The molecule has 0 fully saturated rings. The van der Waals surface area contributed by atoms with Gasteiger partial charge >= 0.3 is 0 Å². The molecule has 0 unspecified atom stereocenters. The third kappa shape index (κ3) is 3.38. The number of hydrogen-bond donors (Lipinski definition) is 3. The summed E-state index contributed by atoms with van der Waals surface area (Å²) in [5.74, 6) is -1.18. The van der Waals surface area contributed by atoms with Crippen LogP contribution in [0.5, 0.6) is 11.5 Å². The van der Waals surface area contributed by atoms with E-state index in [2.05, 4.69) is 5.32 Å². The predicted molar refractivity (Wildman–Crippen MR) is 65.4 cm³/mol. The van der Waals surface area contributed by atoms with E-state index in [1.807, 2.05) is 0 Å². The van der Waals surface area contributed by atoms with Gasteiger partial charge in [-0.25, -0.2) is 0 Å². The quantitative estimate of drug-likeness (QED) is 0.672. The number of benzene rings is 1. The highest BCUT2D eigenvalue weighted by molar-refractivity contribution is 5.98. The highest BCUT2D eigenvalue weighted by atomic mass is 16.3. The number of nitrogens with zero attached hydrogens (tertiary/aromatic N) is 1. The van der Waals surface area contributed by atoms with Crippen LogP contribution in [0.2, 0.25) is 0 Å². The van der Waals surface area contributed by atoms with Gasteiger partial charge in [0.1, 0.15) is 11.5 Å². The zero-order chi connectivity index (χ0) is 13.7. The number of nitrogens with one attached hydrogen (secondary N) is 1. The monoisotopic (exact) mass is 252 g/mol. The van der Waals surface area contributed by atoms with Crippen molar-refractivity contribution in [3.8, 4) is 11.5 Å². The van der Waals surface area contributed by atoms with Crippen molar-refractivity contribution in [3.05, 3.63) is 23.8 Å². The van der Waals surface area contributed by atoms with E-state index in [1.54, 1.807) is 6.92 Å². The van der Waals surface area contributed by atoms with Crippen LogP contribution >= 0.6 is 0 Å². The molecule has 0 spiro atoms. The number of carbonyl (C=O) groups excluding carboxylic acids is 2. The number of amides is 2. The maximum atomic E-state index is 11.9. The van der Waals surface area contributed by atoms with Crippen LogP contribution in [-0.4, -0.2) is 47.1 Å². The molecule has 0 atom stereocenters. The number of carbonyl (C=O) groups is 2. The second kappa shape index (κ2) is 5.90. The predicted octanol–water partition coefficient (Wildman–Crippen LogP) is 0.306. The molecule has 98 valence electrons. The third-order valence-corrected chi connectivity index (χ3v) is 2.31. The lowest BCUT2D eigenvalue weighted by Crippen LogP contribution is -2.38. The van der Waals surface area contributed by atoms with Crippen LogP contribution in [0, 0.1) is 0 Å². The highest BCUT2D eigenvalue weighted by Gasteiger charge is 2.18. The number of likely N-dealkylation sites (N-methyl/N-ethyl adjacent to an activating group) is 2. The lowest BCUT2D eigenvalue weighted by Gasteiger charge is -2.17. The van der Waals surface area contributed by atoms with Gasteiger partial charge < -0.3 is 20.4 Å². The van der Waals surface area contributed by atoms with Crippen molar-refractivity contribution in [1.82, 2.24) is 10.2 Å². The Morgan fingerprint density at radius 3 is 2.61 bits per heavy atom. The molecule has 0 aliphatic carbocycles. The minimum atomic E-state index is -0.533. The van der Waals surface area contributed by atoms with E-state index >= 15 is 0 Å². The van der Waals surface area contributed by atoms with Gasteiger partial charge in [-0.1, -0.05) is 0 Å². The van der Waals surface area contributed by atoms with Crippen molar-refractivity contribution in [2.75, 3.05) is 20.1 Å². The molecule has 18 heavy (non-hydrogen) atoms. The SMILES string of the molecule is CCNC(=O)CN(C)C(=O)c1cc(O)ccc1O. The summed E-state index contributed by atoms with van der Waals surface area (Å²) in [7, 11) is 1.45. The molecular weight excluding hydrogens is 236 g/mol. The van der Waals surface area contributed by atoms with E-state index in [4.69, 9.17) is 0 Å². The summed E-state index contributed by atoms with van der Waals surface area (Å²) in [5.41, 5.74) is -0.0400. The number of phenolic OH excluding ortho intramolecular Hbond substituents is 2. The van der Waals surface area contributed by atoms with E-state index in [0.717, 1.165) is 6.07 Å². The number of rotatable bonds is 4. The second-order valence-corrected chi connectivity index (χ2v) is 3.82. The molecule has 0 aromatic heterocycles. The van der Waals surface area contributed by atoms with Crippen LogP contribution in [0.15, 0.2) is 18.2 Å². The van der Waals surface area contributed by atoms with Gasteiger partial charge in [-0.05, 0) is 25.1 Å². The fraction of sp³-hybridized carbons (Fsp3) is 0.333. The Bertz CT molecular complexity index is 459. The lowest BCUT2D eigenvalue weighted by atomic mass is 10.1. The van der Waals surface area contributed by atoms with Gasteiger partial charge in [-0.2, -0.15) is 0 Å². The van der Waals surface area contributed by atoms with Gasteiger partial charge in [-0.3, -0.25) is 9.59 Å². The Balaban J connectivity index is 2.80. The summed E-state index contributed by atoms with van der Waals surface area (Å²) in [6, 6.07) is 3.66. The average Bonchev–Trinajstić information content (AvgIpc) is 2.31. The van der Waals surface area contributed by atoms with Crippen LogP contribution in [0.3, 0.4) is 0 Å². The van der Waals surface area contributed by atoms with E-state index < -0.39 is 5.91 Å². The summed E-state index contributed by atoms with van der Waals surface area (Å²) in [4.78, 5) is 24.4. The molecule has 1 rings (SSSR count). The van der Waals surface area contributed by atoms with Gasteiger partial charge in [0.05, 0.1) is 12.1 Å². The van der Waals surface area contributed by atoms with Crippen molar-refractivity contribution in [3.63, 3.8) is 0 Å². The van der Waals surface area contributed by atoms with E-state index in [-0.39, 0.29) is 29.5 Å². The van der Waals surface area contributed by atoms with Crippen molar-refractivity contribution in [2.45, 2.75) is 6.92 Å². The molecule has 0 aliphatic heterocycles. The van der Waals surface area contributed by atoms with Crippen molar-refractivity contribution < 1.29 is 19.8 Å². The molecule has 0 radical (unpaired) electrons. The summed E-state index contributed by atoms with van der Waals surface area (Å²) in [6.07, 6.45) is 0. The van der Waals surface area contributed by atoms with Crippen molar-refractivity contribution in [1.29, 1.82) is 0 Å². The number of hydrogen-bond acceptors (Lipinski definition) is 4. The molecule has 1 aromatic carbocycles. The van der Waals surface area contributed by atoms with Crippen LogP contribution in [0.1, 0.15) is 17.3 Å². The first-order valence-corrected chi connectivity index (χ1v) is 5.49. The van der Waals surface area contributed by atoms with E-state index in [1.165, 1.54) is 24.1 Å². The molecule has 0 bridgehead atoms. The van der Waals surface area contributed by atoms with Crippen LogP contribution in [-0.2, 0) is 4.79 Å². The normalized spacial score (nSPS) is 9.89. The maximum absolute atomic E-state index is 11.9. The van der Waals surface area contributed by atoms with Crippen LogP contribution < -0.4 is 5.32 Å². The number of phenols is 2. The molecule has 6 heteroatoms. The van der Waals surface area contributed by atoms with Crippen molar-refractivity contribution in [2.24, 2.45) is 0 Å². The first-order valence-electron chi connectivity index (χ1n) is 5.49. The molecular formula is C12H16N2O4. The Kier molecular flexibility index (Phi) is 4.53. The zero-order valence-electron chi connectivity index (χ0n) is 10.3. The summed E-state index contributed by atoms with van der Waals surface area (Å²) in [5, 5.41) is 21.4. The van der Waals surface area contributed by atoms with Crippen LogP contribution in [0.4, 0.5) is 0 Å². The summed E-state index contributed by atoms with van der Waals surface area (Å²) >= 11 is 0. The zero-order valence-corrected chi connectivity index (χ0v) is 10.3. The molecule has 0 aliphatic rings. The Morgan fingerprint density at radius 1 is 1.33 bits per heavy atom. The first-order chi connectivity index (χ1) is 8.45. The van der Waals surface area contributed by atoms with Crippen molar-refractivity contribution >= 4 is 11.8 Å². The van der Waals surface area contributed by atoms with E-state index in [0.29, 0.717) is 6.54 Å².